The molecule has 0 spiro atoms. The molecule has 2 amide bonds. The number of carbonyl (C=O) groups excluding carboxylic acids is 1. The molecular formula is C11H10ClN3O4. The molecule has 8 heteroatoms. The van der Waals surface area contributed by atoms with Crippen LogP contribution in [-0.2, 0) is 4.79 Å². The summed E-state index contributed by atoms with van der Waals surface area (Å²) < 4.78 is 0. The van der Waals surface area contributed by atoms with E-state index < -0.39 is 24.6 Å². The number of benzene rings is 1. The van der Waals surface area contributed by atoms with Gasteiger partial charge in [0.15, 0.2) is 6.10 Å². The molecule has 19 heavy (non-hydrogen) atoms. The van der Waals surface area contributed by atoms with Gasteiger partial charge < -0.3 is 20.8 Å². The van der Waals surface area contributed by atoms with Crippen molar-refractivity contribution < 1.29 is 19.8 Å². The van der Waals surface area contributed by atoms with Crippen LogP contribution < -0.4 is 10.6 Å². The van der Waals surface area contributed by atoms with Gasteiger partial charge in [-0.2, -0.15) is 5.26 Å². The number of aliphatic carboxylic acids is 1. The van der Waals surface area contributed by atoms with Crippen molar-refractivity contribution in [3.8, 4) is 6.07 Å². The zero-order valence-electron chi connectivity index (χ0n) is 9.55. The summed E-state index contributed by atoms with van der Waals surface area (Å²) in [7, 11) is 0. The van der Waals surface area contributed by atoms with E-state index in [-0.39, 0.29) is 10.7 Å². The predicted molar refractivity (Wildman–Crippen MR) is 66.8 cm³/mol. The first kappa shape index (κ1) is 14.8. The minimum absolute atomic E-state index is 0.174. The average Bonchev–Trinajstić information content (AvgIpc) is 2.38. The van der Waals surface area contributed by atoms with E-state index in [4.69, 9.17) is 27.1 Å². The quantitative estimate of drug-likeness (QED) is 0.650. The van der Waals surface area contributed by atoms with Crippen LogP contribution in [0.2, 0.25) is 5.02 Å². The molecule has 0 unspecified atom stereocenters. The summed E-state index contributed by atoms with van der Waals surface area (Å²) in [5.41, 5.74) is 0.611. The Labute approximate surface area is 113 Å². The van der Waals surface area contributed by atoms with Crippen LogP contribution in [-0.4, -0.2) is 34.9 Å². The Hall–Kier alpha value is -2.30. The first-order valence-corrected chi connectivity index (χ1v) is 5.47. The summed E-state index contributed by atoms with van der Waals surface area (Å²) in [6.07, 6.45) is -1.68. The lowest BCUT2D eigenvalue weighted by atomic mass is 10.2. The zero-order chi connectivity index (χ0) is 14.4. The minimum Gasteiger partial charge on any atom is -0.479 e. The molecule has 100 valence electrons. The maximum Gasteiger partial charge on any atom is 0.334 e. The number of hydrogen-bond donors (Lipinski definition) is 4. The number of nitrogens with zero attached hydrogens (tertiary/aromatic N) is 1. The van der Waals surface area contributed by atoms with Gasteiger partial charge in [-0.25, -0.2) is 9.59 Å². The fourth-order valence-electron chi connectivity index (χ4n) is 1.13. The summed E-state index contributed by atoms with van der Waals surface area (Å²) in [4.78, 5) is 21.7. The van der Waals surface area contributed by atoms with Gasteiger partial charge in [-0.3, -0.25) is 0 Å². The van der Waals surface area contributed by atoms with Crippen LogP contribution >= 0.6 is 11.6 Å². The molecule has 0 aliphatic rings. The number of nitriles is 1. The predicted octanol–water partition coefficient (Wildman–Crippen LogP) is 0.779. The Kier molecular flexibility index (Phi) is 5.11. The number of amides is 2. The van der Waals surface area contributed by atoms with Crippen molar-refractivity contribution >= 4 is 29.3 Å². The molecule has 0 aliphatic heterocycles. The van der Waals surface area contributed by atoms with E-state index in [1.54, 1.807) is 0 Å². The number of hydrogen-bond acceptors (Lipinski definition) is 4. The van der Waals surface area contributed by atoms with Crippen LogP contribution in [0, 0.1) is 11.3 Å². The number of carboxylic acids is 1. The van der Waals surface area contributed by atoms with Gasteiger partial charge >= 0.3 is 12.0 Å². The summed E-state index contributed by atoms with van der Waals surface area (Å²) in [5.74, 6) is -1.43. The molecule has 4 N–H and O–H groups in total. The normalized spacial score (nSPS) is 11.2. The first-order valence-electron chi connectivity index (χ1n) is 5.09. The summed E-state index contributed by atoms with van der Waals surface area (Å²) in [5, 5.41) is 30.7. The van der Waals surface area contributed by atoms with Crippen molar-refractivity contribution in [3.05, 3.63) is 28.8 Å². The summed E-state index contributed by atoms with van der Waals surface area (Å²) in [6.45, 7) is -0.435. The third-order valence-electron chi connectivity index (χ3n) is 2.09. The van der Waals surface area contributed by atoms with E-state index >= 15 is 0 Å². The number of nitrogens with one attached hydrogen (secondary N) is 2. The van der Waals surface area contributed by atoms with E-state index in [1.165, 1.54) is 18.2 Å². The van der Waals surface area contributed by atoms with Gasteiger partial charge in [0.25, 0.3) is 0 Å². The Morgan fingerprint density at radius 3 is 2.68 bits per heavy atom. The van der Waals surface area contributed by atoms with Crippen molar-refractivity contribution in [1.29, 1.82) is 5.26 Å². The van der Waals surface area contributed by atoms with Crippen molar-refractivity contribution in [2.24, 2.45) is 0 Å². The Morgan fingerprint density at radius 1 is 1.47 bits per heavy atom. The van der Waals surface area contributed by atoms with Gasteiger partial charge in [0.2, 0.25) is 0 Å². The van der Waals surface area contributed by atoms with E-state index in [0.29, 0.717) is 5.56 Å². The lowest BCUT2D eigenvalue weighted by Gasteiger charge is -2.10. The molecule has 0 aliphatic carbocycles. The van der Waals surface area contributed by atoms with E-state index in [1.807, 2.05) is 6.07 Å². The number of aliphatic hydroxyl groups is 1. The highest BCUT2D eigenvalue weighted by Crippen LogP contribution is 2.22. The molecule has 0 heterocycles. The molecule has 7 nitrogen and oxygen atoms in total. The highest BCUT2D eigenvalue weighted by Gasteiger charge is 2.14. The molecule has 0 radical (unpaired) electrons. The van der Waals surface area contributed by atoms with Gasteiger partial charge in [-0.15, -0.1) is 0 Å². The topological polar surface area (TPSA) is 122 Å². The number of aliphatic hydroxyl groups excluding tert-OH is 1. The van der Waals surface area contributed by atoms with E-state index in [2.05, 4.69) is 10.6 Å². The fraction of sp³-hybridized carbons (Fsp3) is 0.182. The van der Waals surface area contributed by atoms with Gasteiger partial charge in [0, 0.05) is 0 Å². The molecule has 1 rings (SSSR count). The maximum absolute atomic E-state index is 11.4. The van der Waals surface area contributed by atoms with Crippen LogP contribution in [0.4, 0.5) is 10.5 Å². The van der Waals surface area contributed by atoms with Crippen LogP contribution in [0.1, 0.15) is 5.56 Å². The monoisotopic (exact) mass is 283 g/mol. The van der Waals surface area contributed by atoms with E-state index in [9.17, 15) is 9.59 Å². The number of urea groups is 1. The highest BCUT2D eigenvalue weighted by atomic mass is 35.5. The second-order valence-electron chi connectivity index (χ2n) is 3.50. The van der Waals surface area contributed by atoms with Crippen LogP contribution in [0.25, 0.3) is 0 Å². The highest BCUT2D eigenvalue weighted by molar-refractivity contribution is 6.33. The molecule has 1 aromatic carbocycles. The van der Waals surface area contributed by atoms with E-state index in [0.717, 1.165) is 0 Å². The van der Waals surface area contributed by atoms with Gasteiger partial charge in [-0.05, 0) is 18.2 Å². The van der Waals surface area contributed by atoms with Crippen LogP contribution in [0.3, 0.4) is 0 Å². The minimum atomic E-state index is -1.68. The fourth-order valence-corrected chi connectivity index (χ4v) is 1.36. The molecule has 1 aromatic rings. The molecule has 0 fully saturated rings. The molecule has 0 aromatic heterocycles. The SMILES string of the molecule is N#Cc1ccc(NC(=O)NC[C@H](O)C(=O)O)c(Cl)c1. The summed E-state index contributed by atoms with van der Waals surface area (Å²) >= 11 is 5.83. The number of rotatable bonds is 4. The number of anilines is 1. The number of carboxylic acid groups (broad SMARTS) is 1. The van der Waals surface area contributed by atoms with Gasteiger partial charge in [0.1, 0.15) is 0 Å². The largest absolute Gasteiger partial charge is 0.479 e. The third-order valence-corrected chi connectivity index (χ3v) is 2.40. The Balaban J connectivity index is 2.58. The van der Waals surface area contributed by atoms with Crippen molar-refractivity contribution in [2.75, 3.05) is 11.9 Å². The lowest BCUT2D eigenvalue weighted by molar-refractivity contribution is -0.146. The first-order chi connectivity index (χ1) is 8.93. The second-order valence-corrected chi connectivity index (χ2v) is 3.90. The standard InChI is InChI=1S/C11H10ClN3O4/c12-7-3-6(4-13)1-2-8(7)15-11(19)14-5-9(16)10(17)18/h1-3,9,16H,5H2,(H,17,18)(H2,14,15,19)/t9-/m0/s1. The maximum atomic E-state index is 11.4. The average molecular weight is 284 g/mol. The smallest absolute Gasteiger partial charge is 0.334 e. The zero-order valence-corrected chi connectivity index (χ0v) is 10.3. The second kappa shape index (κ2) is 6.58. The molecule has 0 saturated heterocycles. The Bertz CT molecular complexity index is 541. The molecular weight excluding hydrogens is 274 g/mol. The summed E-state index contributed by atoms with van der Waals surface area (Å²) in [6, 6.07) is 5.46. The van der Waals surface area contributed by atoms with Gasteiger partial charge in [-0.1, -0.05) is 11.6 Å². The molecule has 0 bridgehead atoms. The van der Waals surface area contributed by atoms with Crippen LogP contribution in [0.5, 0.6) is 0 Å². The molecule has 0 saturated carbocycles. The van der Waals surface area contributed by atoms with Crippen molar-refractivity contribution in [1.82, 2.24) is 5.32 Å². The van der Waals surface area contributed by atoms with Crippen LogP contribution in [0.15, 0.2) is 18.2 Å². The van der Waals surface area contributed by atoms with Crippen molar-refractivity contribution in [3.63, 3.8) is 0 Å². The third kappa shape index (κ3) is 4.46. The van der Waals surface area contributed by atoms with Crippen molar-refractivity contribution in [2.45, 2.75) is 6.10 Å². The number of halogens is 1. The van der Waals surface area contributed by atoms with Gasteiger partial charge in [0.05, 0.1) is 28.9 Å². The molecule has 1 atom stereocenters. The number of carbonyl (C=O) groups is 2. The Morgan fingerprint density at radius 2 is 2.16 bits per heavy atom. The lowest BCUT2D eigenvalue weighted by Crippen LogP contribution is -2.38.